The molecule has 0 amide bonds. The molecule has 0 radical (unpaired) electrons. The minimum absolute atomic E-state index is 0.165. The summed E-state index contributed by atoms with van der Waals surface area (Å²) in [4.78, 5) is 3.95. The SMILES string of the molecule is Cc1ccc(-c2nc(N)no2)cc1C. The van der Waals surface area contributed by atoms with E-state index >= 15 is 0 Å². The minimum Gasteiger partial charge on any atom is -0.365 e. The first-order chi connectivity index (χ1) is 6.66. The summed E-state index contributed by atoms with van der Waals surface area (Å²) < 4.78 is 4.96. The average molecular weight is 189 g/mol. The third-order valence-electron chi connectivity index (χ3n) is 2.20. The standard InChI is InChI=1S/C10H11N3O/c1-6-3-4-8(5-7(6)2)9-12-10(11)13-14-9/h3-5H,1-2H3,(H2,11,13). The zero-order valence-corrected chi connectivity index (χ0v) is 8.11. The van der Waals surface area contributed by atoms with Gasteiger partial charge >= 0.3 is 0 Å². The Bertz CT molecular complexity index is 462. The molecule has 1 heterocycles. The number of nitrogens with two attached hydrogens (primary N) is 1. The summed E-state index contributed by atoms with van der Waals surface area (Å²) in [5.41, 5.74) is 8.70. The van der Waals surface area contributed by atoms with Crippen LogP contribution in [0, 0.1) is 13.8 Å². The summed E-state index contributed by atoms with van der Waals surface area (Å²) in [7, 11) is 0. The van der Waals surface area contributed by atoms with Gasteiger partial charge in [-0.25, -0.2) is 0 Å². The lowest BCUT2D eigenvalue weighted by molar-refractivity contribution is 0.433. The highest BCUT2D eigenvalue weighted by atomic mass is 16.5. The maximum absolute atomic E-state index is 5.37. The Morgan fingerprint density at radius 3 is 2.57 bits per heavy atom. The first-order valence-electron chi connectivity index (χ1n) is 4.33. The van der Waals surface area contributed by atoms with E-state index in [0.29, 0.717) is 5.89 Å². The van der Waals surface area contributed by atoms with E-state index in [4.69, 9.17) is 10.3 Å². The van der Waals surface area contributed by atoms with Gasteiger partial charge < -0.3 is 10.3 Å². The molecular formula is C10H11N3O. The molecule has 2 rings (SSSR count). The summed E-state index contributed by atoms with van der Waals surface area (Å²) in [6.45, 7) is 4.10. The van der Waals surface area contributed by atoms with Crippen molar-refractivity contribution in [3.05, 3.63) is 29.3 Å². The minimum atomic E-state index is 0.165. The number of benzene rings is 1. The van der Waals surface area contributed by atoms with Gasteiger partial charge in [0.1, 0.15) is 0 Å². The van der Waals surface area contributed by atoms with Gasteiger partial charge in [-0.05, 0) is 42.3 Å². The van der Waals surface area contributed by atoms with E-state index in [1.807, 2.05) is 25.1 Å². The molecule has 0 fully saturated rings. The number of rotatable bonds is 1. The van der Waals surface area contributed by atoms with Gasteiger partial charge in [0, 0.05) is 5.56 Å². The van der Waals surface area contributed by atoms with Gasteiger partial charge in [-0.15, -0.1) is 0 Å². The number of nitrogen functional groups attached to an aromatic ring is 1. The van der Waals surface area contributed by atoms with Gasteiger partial charge in [0.15, 0.2) is 0 Å². The predicted octanol–water partition coefficient (Wildman–Crippen LogP) is 1.94. The van der Waals surface area contributed by atoms with Crippen molar-refractivity contribution in [1.82, 2.24) is 10.1 Å². The molecule has 2 N–H and O–H groups in total. The monoisotopic (exact) mass is 189 g/mol. The average Bonchev–Trinajstić information content (AvgIpc) is 2.57. The van der Waals surface area contributed by atoms with Crippen LogP contribution in [0.25, 0.3) is 11.5 Å². The lowest BCUT2D eigenvalue weighted by atomic mass is 10.1. The van der Waals surface area contributed by atoms with Gasteiger partial charge in [-0.2, -0.15) is 4.98 Å². The van der Waals surface area contributed by atoms with Crippen molar-refractivity contribution in [2.45, 2.75) is 13.8 Å². The molecule has 0 bridgehead atoms. The van der Waals surface area contributed by atoms with E-state index in [2.05, 4.69) is 17.1 Å². The molecule has 0 spiro atoms. The normalized spacial score (nSPS) is 10.4. The third-order valence-corrected chi connectivity index (χ3v) is 2.20. The van der Waals surface area contributed by atoms with Crippen LogP contribution in [0.4, 0.5) is 5.95 Å². The molecule has 1 aromatic heterocycles. The quantitative estimate of drug-likeness (QED) is 0.744. The Hall–Kier alpha value is -1.84. The van der Waals surface area contributed by atoms with E-state index in [-0.39, 0.29) is 5.95 Å². The van der Waals surface area contributed by atoms with Gasteiger partial charge in [0.25, 0.3) is 11.8 Å². The first kappa shape index (κ1) is 8.74. The Kier molecular flexibility index (Phi) is 1.96. The molecule has 0 saturated heterocycles. The lowest BCUT2D eigenvalue weighted by Crippen LogP contribution is -1.86. The maximum atomic E-state index is 5.37. The second-order valence-corrected chi connectivity index (χ2v) is 3.26. The van der Waals surface area contributed by atoms with Crippen molar-refractivity contribution >= 4 is 5.95 Å². The van der Waals surface area contributed by atoms with Gasteiger partial charge in [0.05, 0.1) is 0 Å². The van der Waals surface area contributed by atoms with Crippen LogP contribution in [0.1, 0.15) is 11.1 Å². The molecule has 4 nitrogen and oxygen atoms in total. The van der Waals surface area contributed by atoms with E-state index in [0.717, 1.165) is 5.56 Å². The molecule has 0 aliphatic heterocycles. The van der Waals surface area contributed by atoms with E-state index < -0.39 is 0 Å². The molecule has 14 heavy (non-hydrogen) atoms. The summed E-state index contributed by atoms with van der Waals surface area (Å²) in [6.07, 6.45) is 0. The third kappa shape index (κ3) is 1.46. The topological polar surface area (TPSA) is 64.9 Å². The molecule has 0 saturated carbocycles. The highest BCUT2D eigenvalue weighted by molar-refractivity contribution is 5.56. The van der Waals surface area contributed by atoms with Crippen LogP contribution in [0.15, 0.2) is 22.7 Å². The maximum Gasteiger partial charge on any atom is 0.261 e. The molecule has 0 atom stereocenters. The predicted molar refractivity (Wildman–Crippen MR) is 53.6 cm³/mol. The van der Waals surface area contributed by atoms with Gasteiger partial charge in [0.2, 0.25) is 0 Å². The zero-order valence-electron chi connectivity index (χ0n) is 8.11. The van der Waals surface area contributed by atoms with Crippen molar-refractivity contribution in [3.8, 4) is 11.5 Å². The summed E-state index contributed by atoms with van der Waals surface area (Å²) in [5, 5.41) is 3.54. The van der Waals surface area contributed by atoms with Crippen LogP contribution < -0.4 is 5.73 Å². The fourth-order valence-corrected chi connectivity index (χ4v) is 1.23. The van der Waals surface area contributed by atoms with E-state index in [1.54, 1.807) is 0 Å². The van der Waals surface area contributed by atoms with Crippen LogP contribution in [-0.2, 0) is 0 Å². The highest BCUT2D eigenvalue weighted by Gasteiger charge is 2.06. The second kappa shape index (κ2) is 3.14. The van der Waals surface area contributed by atoms with Crippen molar-refractivity contribution in [2.75, 3.05) is 5.73 Å². The Labute approximate surface area is 81.7 Å². The van der Waals surface area contributed by atoms with E-state index in [1.165, 1.54) is 11.1 Å². The molecule has 2 aromatic rings. The van der Waals surface area contributed by atoms with Crippen LogP contribution in [-0.4, -0.2) is 10.1 Å². The molecular weight excluding hydrogens is 178 g/mol. The van der Waals surface area contributed by atoms with Crippen molar-refractivity contribution in [3.63, 3.8) is 0 Å². The summed E-state index contributed by atoms with van der Waals surface area (Å²) >= 11 is 0. The van der Waals surface area contributed by atoms with Crippen LogP contribution in [0.3, 0.4) is 0 Å². The highest BCUT2D eigenvalue weighted by Crippen LogP contribution is 2.20. The fourth-order valence-electron chi connectivity index (χ4n) is 1.23. The molecule has 72 valence electrons. The molecule has 4 heteroatoms. The smallest absolute Gasteiger partial charge is 0.261 e. The van der Waals surface area contributed by atoms with Gasteiger partial charge in [-0.3, -0.25) is 0 Å². The fraction of sp³-hybridized carbons (Fsp3) is 0.200. The largest absolute Gasteiger partial charge is 0.365 e. The molecule has 0 aliphatic rings. The number of aryl methyl sites for hydroxylation is 2. The van der Waals surface area contributed by atoms with Crippen LogP contribution >= 0.6 is 0 Å². The Morgan fingerprint density at radius 2 is 2.00 bits per heavy atom. The number of anilines is 1. The van der Waals surface area contributed by atoms with Crippen molar-refractivity contribution < 1.29 is 4.52 Å². The van der Waals surface area contributed by atoms with E-state index in [9.17, 15) is 0 Å². The van der Waals surface area contributed by atoms with Crippen molar-refractivity contribution in [1.29, 1.82) is 0 Å². The van der Waals surface area contributed by atoms with Crippen LogP contribution in [0.5, 0.6) is 0 Å². The van der Waals surface area contributed by atoms with Crippen molar-refractivity contribution in [2.24, 2.45) is 0 Å². The number of hydrogen-bond donors (Lipinski definition) is 1. The zero-order chi connectivity index (χ0) is 10.1. The summed E-state index contributed by atoms with van der Waals surface area (Å²) in [5.74, 6) is 0.629. The number of aromatic nitrogens is 2. The second-order valence-electron chi connectivity index (χ2n) is 3.26. The van der Waals surface area contributed by atoms with Gasteiger partial charge in [-0.1, -0.05) is 6.07 Å². The Balaban J connectivity index is 2.47. The summed E-state index contributed by atoms with van der Waals surface area (Å²) in [6, 6.07) is 5.96. The Morgan fingerprint density at radius 1 is 1.21 bits per heavy atom. The number of hydrogen-bond acceptors (Lipinski definition) is 4. The first-order valence-corrected chi connectivity index (χ1v) is 4.33. The van der Waals surface area contributed by atoms with Crippen LogP contribution in [0.2, 0.25) is 0 Å². The lowest BCUT2D eigenvalue weighted by Gasteiger charge is -2.00. The molecule has 1 aromatic carbocycles. The molecule has 0 aliphatic carbocycles. The number of nitrogens with zero attached hydrogens (tertiary/aromatic N) is 2. The molecule has 0 unspecified atom stereocenters.